The molecule has 2 aromatic carbocycles. The van der Waals surface area contributed by atoms with Crippen LogP contribution in [0, 0.1) is 0 Å². The fourth-order valence-electron chi connectivity index (χ4n) is 2.15. The first-order chi connectivity index (χ1) is 9.13. The molecular formula is C17H19NO. The van der Waals surface area contributed by atoms with Crippen molar-refractivity contribution in [2.24, 2.45) is 0 Å². The molecule has 0 aliphatic carbocycles. The highest BCUT2D eigenvalue weighted by Gasteiger charge is 2.20. The van der Waals surface area contributed by atoms with E-state index >= 15 is 0 Å². The van der Waals surface area contributed by atoms with Crippen LogP contribution in [0.2, 0.25) is 0 Å². The Balaban J connectivity index is 2.32. The van der Waals surface area contributed by atoms with Crippen LogP contribution in [-0.2, 0) is 10.2 Å². The van der Waals surface area contributed by atoms with E-state index in [0.29, 0.717) is 6.54 Å². The van der Waals surface area contributed by atoms with Gasteiger partial charge in [-0.1, -0.05) is 68.4 Å². The minimum absolute atomic E-state index is 0.0777. The van der Waals surface area contributed by atoms with Crippen LogP contribution in [0.5, 0.6) is 0 Å². The van der Waals surface area contributed by atoms with E-state index in [0.717, 1.165) is 6.41 Å². The van der Waals surface area contributed by atoms with Crippen molar-refractivity contribution >= 4 is 6.41 Å². The third-order valence-corrected chi connectivity index (χ3v) is 3.38. The van der Waals surface area contributed by atoms with Gasteiger partial charge in [-0.2, -0.15) is 0 Å². The van der Waals surface area contributed by atoms with Gasteiger partial charge in [0.25, 0.3) is 0 Å². The number of carbonyl (C=O) groups is 1. The number of benzene rings is 2. The van der Waals surface area contributed by atoms with Gasteiger partial charge in [0.1, 0.15) is 0 Å². The molecule has 0 atom stereocenters. The monoisotopic (exact) mass is 253 g/mol. The minimum Gasteiger partial charge on any atom is -0.358 e. The maximum Gasteiger partial charge on any atom is 0.207 e. The van der Waals surface area contributed by atoms with E-state index < -0.39 is 0 Å². The van der Waals surface area contributed by atoms with Crippen molar-refractivity contribution in [3.8, 4) is 11.1 Å². The normalized spacial score (nSPS) is 11.1. The number of hydrogen-bond acceptors (Lipinski definition) is 1. The van der Waals surface area contributed by atoms with E-state index in [2.05, 4.69) is 55.6 Å². The van der Waals surface area contributed by atoms with Crippen LogP contribution < -0.4 is 5.32 Å². The van der Waals surface area contributed by atoms with Crippen molar-refractivity contribution in [3.63, 3.8) is 0 Å². The first kappa shape index (κ1) is 13.3. The highest BCUT2D eigenvalue weighted by atomic mass is 16.1. The SMILES string of the molecule is CC(C)(CNC=O)c1cccc(-c2ccccc2)c1. The van der Waals surface area contributed by atoms with Crippen LogP contribution in [0.3, 0.4) is 0 Å². The fourth-order valence-corrected chi connectivity index (χ4v) is 2.15. The van der Waals surface area contributed by atoms with Crippen molar-refractivity contribution in [2.45, 2.75) is 19.3 Å². The maximum atomic E-state index is 10.5. The molecule has 19 heavy (non-hydrogen) atoms. The van der Waals surface area contributed by atoms with Gasteiger partial charge in [-0.05, 0) is 16.7 Å². The molecule has 0 heterocycles. The van der Waals surface area contributed by atoms with Crippen molar-refractivity contribution in [1.82, 2.24) is 5.32 Å². The summed E-state index contributed by atoms with van der Waals surface area (Å²) in [6.45, 7) is 4.90. The Hall–Kier alpha value is -2.09. The van der Waals surface area contributed by atoms with Crippen molar-refractivity contribution in [2.75, 3.05) is 6.54 Å². The number of hydrogen-bond donors (Lipinski definition) is 1. The van der Waals surface area contributed by atoms with Crippen LogP contribution in [0.4, 0.5) is 0 Å². The van der Waals surface area contributed by atoms with Gasteiger partial charge < -0.3 is 5.32 Å². The summed E-state index contributed by atoms with van der Waals surface area (Å²) in [4.78, 5) is 10.5. The van der Waals surface area contributed by atoms with E-state index in [4.69, 9.17) is 0 Å². The Morgan fingerprint density at radius 2 is 1.68 bits per heavy atom. The van der Waals surface area contributed by atoms with Gasteiger partial charge in [0, 0.05) is 12.0 Å². The van der Waals surface area contributed by atoms with Gasteiger partial charge in [0.15, 0.2) is 0 Å². The topological polar surface area (TPSA) is 29.1 Å². The lowest BCUT2D eigenvalue weighted by molar-refractivity contribution is -0.109. The molecule has 0 bridgehead atoms. The van der Waals surface area contributed by atoms with E-state index in [-0.39, 0.29) is 5.41 Å². The highest BCUT2D eigenvalue weighted by Crippen LogP contribution is 2.27. The van der Waals surface area contributed by atoms with Crippen LogP contribution in [0.15, 0.2) is 54.6 Å². The third kappa shape index (κ3) is 3.22. The first-order valence-electron chi connectivity index (χ1n) is 6.46. The smallest absolute Gasteiger partial charge is 0.207 e. The summed E-state index contributed by atoms with van der Waals surface area (Å²) in [6, 6.07) is 18.8. The molecule has 0 aliphatic heterocycles. The summed E-state index contributed by atoms with van der Waals surface area (Å²) in [6.07, 6.45) is 0.753. The summed E-state index contributed by atoms with van der Waals surface area (Å²) in [5.41, 5.74) is 3.56. The zero-order valence-electron chi connectivity index (χ0n) is 11.4. The minimum atomic E-state index is -0.0777. The molecule has 0 fully saturated rings. The summed E-state index contributed by atoms with van der Waals surface area (Å²) in [5.74, 6) is 0. The molecule has 98 valence electrons. The fraction of sp³-hybridized carbons (Fsp3) is 0.235. The molecule has 2 heteroatoms. The molecule has 2 nitrogen and oxygen atoms in total. The Kier molecular flexibility index (Phi) is 4.00. The first-order valence-corrected chi connectivity index (χ1v) is 6.46. The average molecular weight is 253 g/mol. The van der Waals surface area contributed by atoms with E-state index in [9.17, 15) is 4.79 Å². The average Bonchev–Trinajstić information content (AvgIpc) is 2.46. The Bertz CT molecular complexity index is 546. The predicted octanol–water partition coefficient (Wildman–Crippen LogP) is 3.38. The highest BCUT2D eigenvalue weighted by molar-refractivity contribution is 5.64. The molecule has 0 spiro atoms. The molecule has 0 saturated heterocycles. The molecule has 1 N–H and O–H groups in total. The van der Waals surface area contributed by atoms with Crippen LogP contribution in [0.25, 0.3) is 11.1 Å². The second kappa shape index (κ2) is 5.70. The molecule has 0 radical (unpaired) electrons. The molecule has 0 aliphatic rings. The van der Waals surface area contributed by atoms with Crippen molar-refractivity contribution < 1.29 is 4.79 Å². The number of amides is 1. The summed E-state index contributed by atoms with van der Waals surface area (Å²) in [5, 5.41) is 2.77. The lowest BCUT2D eigenvalue weighted by Gasteiger charge is -2.25. The predicted molar refractivity (Wildman–Crippen MR) is 79.0 cm³/mol. The van der Waals surface area contributed by atoms with Crippen LogP contribution >= 0.6 is 0 Å². The standard InChI is InChI=1S/C17H19NO/c1-17(2,12-18-13-19)16-10-6-9-15(11-16)14-7-4-3-5-8-14/h3-11,13H,12H2,1-2H3,(H,18,19). The van der Waals surface area contributed by atoms with Crippen LogP contribution in [-0.4, -0.2) is 13.0 Å². The third-order valence-electron chi connectivity index (χ3n) is 3.38. The molecule has 2 rings (SSSR count). The molecule has 0 aromatic heterocycles. The molecular weight excluding hydrogens is 234 g/mol. The lowest BCUT2D eigenvalue weighted by Crippen LogP contribution is -2.32. The summed E-state index contributed by atoms with van der Waals surface area (Å²) in [7, 11) is 0. The number of carbonyl (C=O) groups excluding carboxylic acids is 1. The zero-order chi connectivity index (χ0) is 13.7. The Morgan fingerprint density at radius 3 is 2.37 bits per heavy atom. The second-order valence-electron chi connectivity index (χ2n) is 5.33. The van der Waals surface area contributed by atoms with Gasteiger partial charge in [0.2, 0.25) is 6.41 Å². The van der Waals surface area contributed by atoms with Gasteiger partial charge in [-0.3, -0.25) is 4.79 Å². The lowest BCUT2D eigenvalue weighted by atomic mass is 9.83. The van der Waals surface area contributed by atoms with E-state index in [1.54, 1.807) is 0 Å². The molecule has 1 amide bonds. The van der Waals surface area contributed by atoms with Gasteiger partial charge in [-0.25, -0.2) is 0 Å². The number of nitrogens with one attached hydrogen (secondary N) is 1. The van der Waals surface area contributed by atoms with E-state index in [1.165, 1.54) is 16.7 Å². The Morgan fingerprint density at radius 1 is 1.00 bits per heavy atom. The summed E-state index contributed by atoms with van der Waals surface area (Å²) >= 11 is 0. The van der Waals surface area contributed by atoms with Crippen molar-refractivity contribution in [3.05, 3.63) is 60.2 Å². The quantitative estimate of drug-likeness (QED) is 0.813. The second-order valence-corrected chi connectivity index (χ2v) is 5.33. The van der Waals surface area contributed by atoms with Gasteiger partial charge in [0.05, 0.1) is 0 Å². The van der Waals surface area contributed by atoms with E-state index in [1.807, 2.05) is 18.2 Å². The molecule has 2 aromatic rings. The van der Waals surface area contributed by atoms with Crippen LogP contribution in [0.1, 0.15) is 19.4 Å². The summed E-state index contributed by atoms with van der Waals surface area (Å²) < 4.78 is 0. The van der Waals surface area contributed by atoms with Gasteiger partial charge in [-0.15, -0.1) is 0 Å². The van der Waals surface area contributed by atoms with Gasteiger partial charge >= 0.3 is 0 Å². The Labute approximate surface area is 114 Å². The maximum absolute atomic E-state index is 10.5. The zero-order valence-corrected chi connectivity index (χ0v) is 11.4. The number of rotatable bonds is 5. The van der Waals surface area contributed by atoms with Crippen molar-refractivity contribution in [1.29, 1.82) is 0 Å². The molecule has 0 unspecified atom stereocenters. The largest absolute Gasteiger partial charge is 0.358 e. The molecule has 0 saturated carbocycles.